The quantitative estimate of drug-likeness (QED) is 0.665. The molecule has 22 heavy (non-hydrogen) atoms. The Kier molecular flexibility index (Phi) is 4.26. The second kappa shape index (κ2) is 6.33. The van der Waals surface area contributed by atoms with Gasteiger partial charge in [0.25, 0.3) is 0 Å². The van der Waals surface area contributed by atoms with Crippen LogP contribution < -0.4 is 14.9 Å². The molecule has 0 atom stereocenters. The van der Waals surface area contributed by atoms with Crippen molar-refractivity contribution in [3.8, 4) is 11.5 Å². The van der Waals surface area contributed by atoms with Crippen molar-refractivity contribution in [2.45, 2.75) is 19.1 Å². The molecule has 7 nitrogen and oxygen atoms in total. The van der Waals surface area contributed by atoms with Gasteiger partial charge in [-0.1, -0.05) is 6.07 Å². The molecule has 0 saturated carbocycles. The van der Waals surface area contributed by atoms with Crippen molar-refractivity contribution in [2.75, 3.05) is 26.4 Å². The Morgan fingerprint density at radius 3 is 2.86 bits per heavy atom. The lowest BCUT2D eigenvalue weighted by Gasteiger charge is -2.20. The van der Waals surface area contributed by atoms with Crippen LogP contribution in [0.2, 0.25) is 0 Å². The smallest absolute Gasteiger partial charge is 0.245 e. The molecule has 2 aliphatic heterocycles. The summed E-state index contributed by atoms with van der Waals surface area (Å²) in [7, 11) is 0. The lowest BCUT2D eigenvalue weighted by atomic mass is 10.2. The van der Waals surface area contributed by atoms with Gasteiger partial charge in [-0.15, -0.1) is 0 Å². The third-order valence-electron chi connectivity index (χ3n) is 3.37. The Labute approximate surface area is 128 Å². The first kappa shape index (κ1) is 14.8. The number of nitrogens with one attached hydrogen (secondary N) is 1. The van der Waals surface area contributed by atoms with Gasteiger partial charge in [-0.05, 0) is 19.1 Å². The van der Waals surface area contributed by atoms with E-state index in [0.717, 1.165) is 5.56 Å². The Hall–Kier alpha value is -2.12. The average Bonchev–Trinajstić information content (AvgIpc) is 2.93. The molecule has 3 rings (SSSR count). The molecular weight excluding hydrogens is 288 g/mol. The minimum Gasteiger partial charge on any atom is -0.486 e. The summed E-state index contributed by atoms with van der Waals surface area (Å²) in [6.07, 6.45) is 1.63. The highest BCUT2D eigenvalue weighted by Crippen LogP contribution is 2.32. The molecule has 2 aliphatic rings. The van der Waals surface area contributed by atoms with Gasteiger partial charge in [0.1, 0.15) is 13.2 Å². The molecular formula is C15H18N2O5. The SMILES string of the molecule is CC1(CC(=O)N/N=C/c2cccc3c2OCCO3)OCCO1. The zero-order valence-electron chi connectivity index (χ0n) is 12.3. The minimum atomic E-state index is -0.859. The summed E-state index contributed by atoms with van der Waals surface area (Å²) in [6.45, 7) is 3.77. The normalized spacial score (nSPS) is 19.3. The van der Waals surface area contributed by atoms with E-state index in [1.165, 1.54) is 6.21 Å². The molecule has 1 saturated heterocycles. The van der Waals surface area contributed by atoms with Gasteiger partial charge in [0.15, 0.2) is 17.3 Å². The zero-order valence-corrected chi connectivity index (χ0v) is 12.3. The number of benzene rings is 1. The van der Waals surface area contributed by atoms with Crippen LogP contribution in [-0.2, 0) is 14.3 Å². The van der Waals surface area contributed by atoms with Crippen LogP contribution in [0.4, 0.5) is 0 Å². The van der Waals surface area contributed by atoms with Crippen LogP contribution in [0.3, 0.4) is 0 Å². The number of carbonyl (C=O) groups is 1. The van der Waals surface area contributed by atoms with Gasteiger partial charge >= 0.3 is 0 Å². The van der Waals surface area contributed by atoms with E-state index in [1.54, 1.807) is 6.92 Å². The molecule has 0 aromatic heterocycles. The number of fused-ring (bicyclic) bond motifs is 1. The molecule has 1 aromatic rings. The molecule has 7 heteroatoms. The zero-order chi connectivity index (χ0) is 15.4. The largest absolute Gasteiger partial charge is 0.486 e. The van der Waals surface area contributed by atoms with Crippen LogP contribution in [0.15, 0.2) is 23.3 Å². The standard InChI is InChI=1S/C15H18N2O5/c1-15(21-7-8-22-15)9-13(18)17-16-10-11-3-2-4-12-14(11)20-6-5-19-12/h2-4,10H,5-9H2,1H3,(H,17,18)/b16-10+. The number of nitrogens with zero attached hydrogens (tertiary/aromatic N) is 1. The molecule has 2 heterocycles. The predicted molar refractivity (Wildman–Crippen MR) is 78.1 cm³/mol. The number of amides is 1. The lowest BCUT2D eigenvalue weighted by Crippen LogP contribution is -2.33. The molecule has 0 radical (unpaired) electrons. The number of hydrogen-bond acceptors (Lipinski definition) is 6. The van der Waals surface area contributed by atoms with Crippen molar-refractivity contribution in [1.82, 2.24) is 5.43 Å². The third-order valence-corrected chi connectivity index (χ3v) is 3.37. The number of para-hydroxylation sites is 1. The summed E-state index contributed by atoms with van der Waals surface area (Å²) in [6, 6.07) is 5.52. The predicted octanol–water partition coefficient (Wildman–Crippen LogP) is 1.06. The van der Waals surface area contributed by atoms with E-state index < -0.39 is 5.79 Å². The fraction of sp³-hybridized carbons (Fsp3) is 0.467. The maximum absolute atomic E-state index is 11.8. The number of rotatable bonds is 4. The fourth-order valence-electron chi connectivity index (χ4n) is 2.36. The maximum Gasteiger partial charge on any atom is 0.245 e. The van der Waals surface area contributed by atoms with Gasteiger partial charge in [0, 0.05) is 5.56 Å². The molecule has 1 N–H and O–H groups in total. The van der Waals surface area contributed by atoms with Gasteiger partial charge in [0.2, 0.25) is 5.91 Å². The Morgan fingerprint density at radius 2 is 2.05 bits per heavy atom. The highest BCUT2D eigenvalue weighted by Gasteiger charge is 2.33. The molecule has 1 aromatic carbocycles. The van der Waals surface area contributed by atoms with E-state index in [4.69, 9.17) is 18.9 Å². The topological polar surface area (TPSA) is 78.4 Å². The van der Waals surface area contributed by atoms with Crippen molar-refractivity contribution in [3.63, 3.8) is 0 Å². The minimum absolute atomic E-state index is 0.0941. The summed E-state index contributed by atoms with van der Waals surface area (Å²) >= 11 is 0. The van der Waals surface area contributed by atoms with E-state index in [-0.39, 0.29) is 12.3 Å². The van der Waals surface area contributed by atoms with E-state index in [1.807, 2.05) is 18.2 Å². The third kappa shape index (κ3) is 3.37. The molecule has 1 amide bonds. The van der Waals surface area contributed by atoms with Crippen LogP contribution in [-0.4, -0.2) is 44.3 Å². The van der Waals surface area contributed by atoms with E-state index >= 15 is 0 Å². The van der Waals surface area contributed by atoms with Gasteiger partial charge in [-0.25, -0.2) is 5.43 Å². The van der Waals surface area contributed by atoms with E-state index in [2.05, 4.69) is 10.5 Å². The first-order valence-corrected chi connectivity index (χ1v) is 7.15. The van der Waals surface area contributed by atoms with Crippen LogP contribution in [0.1, 0.15) is 18.9 Å². The molecule has 1 fully saturated rings. The summed E-state index contributed by atoms with van der Waals surface area (Å²) in [5.41, 5.74) is 3.21. The number of carbonyl (C=O) groups excluding carboxylic acids is 1. The van der Waals surface area contributed by atoms with Gasteiger partial charge in [0.05, 0.1) is 25.8 Å². The van der Waals surface area contributed by atoms with Crippen molar-refractivity contribution in [1.29, 1.82) is 0 Å². The summed E-state index contributed by atoms with van der Waals surface area (Å²) in [4.78, 5) is 11.8. The van der Waals surface area contributed by atoms with E-state index in [0.29, 0.717) is 37.9 Å². The Balaban J connectivity index is 1.59. The van der Waals surface area contributed by atoms with Gasteiger partial charge in [-0.2, -0.15) is 5.10 Å². The van der Waals surface area contributed by atoms with Crippen molar-refractivity contribution in [2.24, 2.45) is 5.10 Å². The lowest BCUT2D eigenvalue weighted by molar-refractivity contribution is -0.159. The van der Waals surface area contributed by atoms with Crippen LogP contribution in [0.25, 0.3) is 0 Å². The molecule has 0 unspecified atom stereocenters. The second-order valence-electron chi connectivity index (χ2n) is 5.17. The number of hydrazone groups is 1. The Morgan fingerprint density at radius 1 is 1.27 bits per heavy atom. The van der Waals surface area contributed by atoms with Gasteiger partial charge < -0.3 is 18.9 Å². The first-order chi connectivity index (χ1) is 10.7. The van der Waals surface area contributed by atoms with Crippen molar-refractivity contribution in [3.05, 3.63) is 23.8 Å². The molecule has 118 valence electrons. The number of hydrogen-bond donors (Lipinski definition) is 1. The Bertz CT molecular complexity index is 581. The van der Waals surface area contributed by atoms with E-state index in [9.17, 15) is 4.79 Å². The highest BCUT2D eigenvalue weighted by atomic mass is 16.7. The van der Waals surface area contributed by atoms with Crippen LogP contribution in [0, 0.1) is 0 Å². The number of ether oxygens (including phenoxy) is 4. The maximum atomic E-state index is 11.8. The summed E-state index contributed by atoms with van der Waals surface area (Å²) in [5.74, 6) is 0.188. The average molecular weight is 306 g/mol. The monoisotopic (exact) mass is 306 g/mol. The summed E-state index contributed by atoms with van der Waals surface area (Å²) < 4.78 is 21.8. The first-order valence-electron chi connectivity index (χ1n) is 7.15. The fourth-order valence-corrected chi connectivity index (χ4v) is 2.36. The summed E-state index contributed by atoms with van der Waals surface area (Å²) in [5, 5.41) is 3.95. The highest BCUT2D eigenvalue weighted by molar-refractivity contribution is 5.86. The molecule has 0 aliphatic carbocycles. The molecule has 0 spiro atoms. The van der Waals surface area contributed by atoms with Gasteiger partial charge in [-0.3, -0.25) is 4.79 Å². The van der Waals surface area contributed by atoms with Crippen molar-refractivity contribution >= 4 is 12.1 Å². The van der Waals surface area contributed by atoms with Crippen LogP contribution in [0.5, 0.6) is 11.5 Å². The second-order valence-corrected chi connectivity index (χ2v) is 5.17. The van der Waals surface area contributed by atoms with Crippen LogP contribution >= 0.6 is 0 Å². The molecule has 0 bridgehead atoms. The van der Waals surface area contributed by atoms with Crippen molar-refractivity contribution < 1.29 is 23.7 Å².